The van der Waals surface area contributed by atoms with Crippen LogP contribution in [0.15, 0.2) is 35.1 Å². The summed E-state index contributed by atoms with van der Waals surface area (Å²) >= 11 is 0. The summed E-state index contributed by atoms with van der Waals surface area (Å²) in [4.78, 5) is 24.2. The van der Waals surface area contributed by atoms with Crippen molar-refractivity contribution in [2.75, 3.05) is 0 Å². The van der Waals surface area contributed by atoms with E-state index >= 15 is 0 Å². The molecule has 0 amide bonds. The number of aliphatic hydroxyl groups excluding tert-OH is 1. The molecule has 0 aliphatic heterocycles. The Hall–Kier alpha value is -1.64. The van der Waals surface area contributed by atoms with Crippen molar-refractivity contribution < 1.29 is 14.7 Å². The summed E-state index contributed by atoms with van der Waals surface area (Å²) in [5, 5.41) is 10.7. The van der Waals surface area contributed by atoms with Gasteiger partial charge in [0.2, 0.25) is 0 Å². The minimum Gasteiger partial charge on any atom is -0.511 e. The Morgan fingerprint density at radius 2 is 1.92 bits per heavy atom. The fourth-order valence-corrected chi connectivity index (χ4v) is 6.67. The summed E-state index contributed by atoms with van der Waals surface area (Å²) in [5.74, 6) is 1.73. The molecule has 1 N–H and O–H groups in total. The normalized spacial score (nSPS) is 45.6. The molecule has 0 spiro atoms. The van der Waals surface area contributed by atoms with E-state index in [0.717, 1.165) is 31.3 Å². The zero-order valence-electron chi connectivity index (χ0n) is 15.6. The molecule has 0 radical (unpaired) electrons. The molecule has 0 heterocycles. The van der Waals surface area contributed by atoms with E-state index < -0.39 is 5.41 Å². The van der Waals surface area contributed by atoms with Crippen LogP contribution in [0.2, 0.25) is 0 Å². The van der Waals surface area contributed by atoms with E-state index in [-0.39, 0.29) is 28.8 Å². The third-order valence-corrected chi connectivity index (χ3v) is 7.93. The number of rotatable bonds is 1. The largest absolute Gasteiger partial charge is 0.511 e. The van der Waals surface area contributed by atoms with E-state index in [1.54, 1.807) is 13.0 Å². The molecule has 0 saturated heterocycles. The number of hydrogen-bond acceptors (Lipinski definition) is 3. The highest BCUT2D eigenvalue weighted by Crippen LogP contribution is 2.65. The highest BCUT2D eigenvalue weighted by atomic mass is 16.3. The molecular weight excluding hydrogens is 312 g/mol. The first-order chi connectivity index (χ1) is 11.7. The van der Waals surface area contributed by atoms with Crippen LogP contribution in [0.25, 0.3) is 0 Å². The van der Waals surface area contributed by atoms with Crippen molar-refractivity contribution in [1.82, 2.24) is 0 Å². The topological polar surface area (TPSA) is 54.4 Å². The van der Waals surface area contributed by atoms with Crippen LogP contribution in [-0.2, 0) is 9.59 Å². The lowest BCUT2D eigenvalue weighted by Crippen LogP contribution is -2.47. The van der Waals surface area contributed by atoms with E-state index in [4.69, 9.17) is 0 Å². The second-order valence-corrected chi connectivity index (χ2v) is 9.12. The lowest BCUT2D eigenvalue weighted by molar-refractivity contribution is -0.124. The molecule has 0 bridgehead atoms. The van der Waals surface area contributed by atoms with E-state index in [1.807, 2.05) is 0 Å². The molecule has 3 nitrogen and oxygen atoms in total. The van der Waals surface area contributed by atoms with Gasteiger partial charge in [-0.15, -0.1) is 0 Å². The average molecular weight is 340 g/mol. The molecular formula is C22H28O3. The third-order valence-electron chi connectivity index (χ3n) is 7.93. The van der Waals surface area contributed by atoms with Crippen LogP contribution in [0, 0.1) is 34.5 Å². The molecule has 3 heteroatoms. The third kappa shape index (κ3) is 2.04. The number of Topliss-reactive ketones (excluding diaryl/α,β-unsaturated/α-hetero) is 1. The van der Waals surface area contributed by atoms with Gasteiger partial charge in [0.25, 0.3) is 0 Å². The standard InChI is InChI=1S/C22H28O3/c1-12-9-15-17-6-5-16(13(2)23)21(17,3)8-7-18(15)22(4)19(12)10-14(24)11-20(22)25/h7,10-12,15-17,25H,5-6,8-9H2,1-4H3/t12-,15-,16+,17-,21+,22+/m0/s1. The van der Waals surface area contributed by atoms with Crippen LogP contribution in [0.5, 0.6) is 0 Å². The number of fused-ring (bicyclic) bond motifs is 5. The van der Waals surface area contributed by atoms with Crippen molar-refractivity contribution in [2.24, 2.45) is 34.5 Å². The lowest BCUT2D eigenvalue weighted by atomic mass is 9.50. The molecule has 6 atom stereocenters. The molecule has 134 valence electrons. The van der Waals surface area contributed by atoms with E-state index in [2.05, 4.69) is 26.8 Å². The smallest absolute Gasteiger partial charge is 0.182 e. The van der Waals surface area contributed by atoms with Crippen molar-refractivity contribution in [3.05, 3.63) is 35.1 Å². The summed E-state index contributed by atoms with van der Waals surface area (Å²) in [6.45, 7) is 8.29. The second-order valence-electron chi connectivity index (χ2n) is 9.12. The zero-order valence-corrected chi connectivity index (χ0v) is 15.6. The summed E-state index contributed by atoms with van der Waals surface area (Å²) in [6.07, 6.45) is 9.41. The Morgan fingerprint density at radius 1 is 1.20 bits per heavy atom. The van der Waals surface area contributed by atoms with Crippen molar-refractivity contribution in [3.8, 4) is 0 Å². The van der Waals surface area contributed by atoms with Gasteiger partial charge in [0.05, 0.1) is 5.41 Å². The highest BCUT2D eigenvalue weighted by molar-refractivity contribution is 6.02. The monoisotopic (exact) mass is 340 g/mol. The maximum atomic E-state index is 12.2. The summed E-state index contributed by atoms with van der Waals surface area (Å²) in [7, 11) is 0. The van der Waals surface area contributed by atoms with Gasteiger partial charge < -0.3 is 5.11 Å². The number of allylic oxidation sites excluding steroid dienone is 4. The predicted molar refractivity (Wildman–Crippen MR) is 96.9 cm³/mol. The molecule has 0 unspecified atom stereocenters. The first-order valence-corrected chi connectivity index (χ1v) is 9.57. The van der Waals surface area contributed by atoms with Gasteiger partial charge >= 0.3 is 0 Å². The van der Waals surface area contributed by atoms with Gasteiger partial charge in [-0.1, -0.05) is 25.5 Å². The van der Waals surface area contributed by atoms with E-state index in [9.17, 15) is 14.7 Å². The molecule has 0 aromatic rings. The first kappa shape index (κ1) is 16.8. The van der Waals surface area contributed by atoms with Gasteiger partial charge in [-0.05, 0) is 74.3 Å². The van der Waals surface area contributed by atoms with Crippen molar-refractivity contribution in [3.63, 3.8) is 0 Å². The fourth-order valence-electron chi connectivity index (χ4n) is 6.67. The van der Waals surface area contributed by atoms with Gasteiger partial charge in [-0.2, -0.15) is 0 Å². The molecule has 0 aromatic heterocycles. The van der Waals surface area contributed by atoms with Gasteiger partial charge in [0, 0.05) is 12.0 Å². The summed E-state index contributed by atoms with van der Waals surface area (Å²) in [6, 6.07) is 0. The molecule has 2 fully saturated rings. The van der Waals surface area contributed by atoms with Crippen LogP contribution >= 0.6 is 0 Å². The lowest BCUT2D eigenvalue weighted by Gasteiger charge is -2.54. The van der Waals surface area contributed by atoms with Crippen LogP contribution in [0.3, 0.4) is 0 Å². The maximum absolute atomic E-state index is 12.2. The predicted octanol–water partition coefficient (Wildman–Crippen LogP) is 4.55. The van der Waals surface area contributed by atoms with Crippen LogP contribution in [-0.4, -0.2) is 16.7 Å². The van der Waals surface area contributed by atoms with Crippen LogP contribution < -0.4 is 0 Å². The number of hydrogen-bond donors (Lipinski definition) is 1. The summed E-state index contributed by atoms with van der Waals surface area (Å²) in [5.41, 5.74) is 1.85. The molecule has 4 aliphatic rings. The Morgan fingerprint density at radius 3 is 2.60 bits per heavy atom. The Labute approximate surface area is 149 Å². The fraction of sp³-hybridized carbons (Fsp3) is 0.636. The number of carbonyl (C=O) groups is 2. The van der Waals surface area contributed by atoms with Crippen LogP contribution in [0.4, 0.5) is 0 Å². The molecule has 0 aromatic carbocycles. The zero-order chi connectivity index (χ0) is 18.1. The average Bonchev–Trinajstić information content (AvgIpc) is 2.88. The van der Waals surface area contributed by atoms with E-state index in [0.29, 0.717) is 17.6 Å². The van der Waals surface area contributed by atoms with E-state index in [1.165, 1.54) is 11.6 Å². The summed E-state index contributed by atoms with van der Waals surface area (Å²) < 4.78 is 0. The molecule has 4 aliphatic carbocycles. The first-order valence-electron chi connectivity index (χ1n) is 9.57. The van der Waals surface area contributed by atoms with Crippen molar-refractivity contribution >= 4 is 11.6 Å². The minimum absolute atomic E-state index is 0.0428. The van der Waals surface area contributed by atoms with Gasteiger partial charge in [0.15, 0.2) is 5.78 Å². The van der Waals surface area contributed by atoms with Gasteiger partial charge in [-0.25, -0.2) is 0 Å². The molecule has 25 heavy (non-hydrogen) atoms. The maximum Gasteiger partial charge on any atom is 0.182 e. The number of carbonyl (C=O) groups excluding carboxylic acids is 2. The minimum atomic E-state index is -0.536. The Kier molecular flexibility index (Phi) is 3.49. The van der Waals surface area contributed by atoms with Gasteiger partial charge in [0.1, 0.15) is 11.5 Å². The van der Waals surface area contributed by atoms with Crippen molar-refractivity contribution in [2.45, 2.75) is 53.4 Å². The van der Waals surface area contributed by atoms with Crippen molar-refractivity contribution in [1.29, 1.82) is 0 Å². The number of ketones is 2. The Balaban J connectivity index is 1.83. The van der Waals surface area contributed by atoms with Crippen LogP contribution in [0.1, 0.15) is 53.4 Å². The molecule has 2 saturated carbocycles. The number of aliphatic hydroxyl groups is 1. The highest BCUT2D eigenvalue weighted by Gasteiger charge is 2.58. The molecule has 4 rings (SSSR count). The second kappa shape index (κ2) is 5.18. The quantitative estimate of drug-likeness (QED) is 0.712. The van der Waals surface area contributed by atoms with Gasteiger partial charge in [-0.3, -0.25) is 9.59 Å². The Bertz CT molecular complexity index is 755. The SMILES string of the molecule is CC(=O)[C@H]1CC[C@H]2[C@@H]3C[C@H](C)C4=CC(=O)C=C(O)[C@]4(C)C3=CC[C@]12C.